The van der Waals surface area contributed by atoms with E-state index in [1.807, 2.05) is 0 Å². The molecule has 0 bridgehead atoms. The third-order valence-electron chi connectivity index (χ3n) is 4.36. The number of hydrogen-bond acceptors (Lipinski definition) is 2. The van der Waals surface area contributed by atoms with E-state index in [1.54, 1.807) is 0 Å². The van der Waals surface area contributed by atoms with E-state index in [2.05, 4.69) is 9.97 Å². The van der Waals surface area contributed by atoms with Crippen molar-refractivity contribution in [2.75, 3.05) is 0 Å². The molecular formula is C15H8ClF17N2. The molecule has 0 radical (unpaired) electrons. The van der Waals surface area contributed by atoms with Gasteiger partial charge in [0.15, 0.2) is 0 Å². The molecule has 1 aromatic heterocycles. The van der Waals surface area contributed by atoms with E-state index in [-0.39, 0.29) is 5.69 Å². The molecule has 1 rings (SSSR count). The van der Waals surface area contributed by atoms with Gasteiger partial charge >= 0.3 is 47.6 Å². The van der Waals surface area contributed by atoms with E-state index < -0.39 is 71.5 Å². The summed E-state index contributed by atoms with van der Waals surface area (Å²) in [5, 5.41) is -0.695. The molecule has 1 heterocycles. The van der Waals surface area contributed by atoms with Crippen LogP contribution >= 0.6 is 11.6 Å². The first-order valence-electron chi connectivity index (χ1n) is 8.33. The first-order chi connectivity index (χ1) is 15.1. The summed E-state index contributed by atoms with van der Waals surface area (Å²) >= 11 is 5.31. The van der Waals surface area contributed by atoms with Gasteiger partial charge in [0.05, 0.1) is 0 Å². The van der Waals surface area contributed by atoms with Crippen LogP contribution in [0.5, 0.6) is 0 Å². The smallest absolute Gasteiger partial charge is 0.223 e. The zero-order valence-corrected chi connectivity index (χ0v) is 16.9. The van der Waals surface area contributed by atoms with Crippen LogP contribution in [-0.4, -0.2) is 57.6 Å². The molecule has 0 saturated carbocycles. The number of aryl methyl sites for hydroxylation is 2. The van der Waals surface area contributed by atoms with Crippen LogP contribution in [0.2, 0.25) is 5.28 Å². The third kappa shape index (κ3) is 4.68. The van der Waals surface area contributed by atoms with Crippen LogP contribution in [0.4, 0.5) is 74.6 Å². The van der Waals surface area contributed by atoms with Crippen LogP contribution in [0.15, 0.2) is 6.07 Å². The standard InChI is InChI=1S/C15H8ClF17N2/c1-5-4-6(35-7(16)34-5)2-3-8(17,18)9(19,20)10(21,22)11(23,24)12(25,26)13(27,28)14(29,30)15(31,32)33/h4H,2-3H2,1H3. The van der Waals surface area contributed by atoms with Crippen LogP contribution in [0.3, 0.4) is 0 Å². The second kappa shape index (κ2) is 8.64. The Labute approximate surface area is 187 Å². The van der Waals surface area contributed by atoms with Gasteiger partial charge in [-0.15, -0.1) is 0 Å². The van der Waals surface area contributed by atoms with Gasteiger partial charge in [-0.05, 0) is 31.0 Å². The monoisotopic (exact) mass is 574 g/mol. The first kappa shape index (κ1) is 31.2. The molecule has 20 heteroatoms. The number of aromatic nitrogens is 2. The van der Waals surface area contributed by atoms with Gasteiger partial charge < -0.3 is 0 Å². The second-order valence-corrected chi connectivity index (χ2v) is 7.26. The molecule has 0 atom stereocenters. The van der Waals surface area contributed by atoms with Crippen molar-refractivity contribution in [3.8, 4) is 0 Å². The molecule has 204 valence electrons. The predicted molar refractivity (Wildman–Crippen MR) is 80.8 cm³/mol. The minimum absolute atomic E-state index is 0.112. The van der Waals surface area contributed by atoms with E-state index in [0.29, 0.717) is 0 Å². The Bertz CT molecular complexity index is 904. The zero-order valence-electron chi connectivity index (χ0n) is 16.2. The molecule has 0 aliphatic heterocycles. The summed E-state index contributed by atoms with van der Waals surface area (Å²) in [5.41, 5.74) is -0.811. The lowest BCUT2D eigenvalue weighted by molar-refractivity contribution is -0.461. The molecule has 0 saturated heterocycles. The van der Waals surface area contributed by atoms with Crippen molar-refractivity contribution < 1.29 is 74.6 Å². The van der Waals surface area contributed by atoms with E-state index in [9.17, 15) is 74.6 Å². The quantitative estimate of drug-likeness (QED) is 0.227. The zero-order chi connectivity index (χ0) is 28.3. The van der Waals surface area contributed by atoms with Crippen molar-refractivity contribution in [2.24, 2.45) is 0 Å². The third-order valence-corrected chi connectivity index (χ3v) is 4.53. The molecule has 0 aliphatic rings. The maximum atomic E-state index is 13.8. The van der Waals surface area contributed by atoms with Crippen LogP contribution in [0.25, 0.3) is 0 Å². The van der Waals surface area contributed by atoms with Gasteiger partial charge in [-0.3, -0.25) is 0 Å². The summed E-state index contributed by atoms with van der Waals surface area (Å²) < 4.78 is 224. The highest BCUT2D eigenvalue weighted by molar-refractivity contribution is 6.28. The van der Waals surface area contributed by atoms with Crippen molar-refractivity contribution in [3.63, 3.8) is 0 Å². The van der Waals surface area contributed by atoms with Crippen molar-refractivity contribution in [1.29, 1.82) is 0 Å². The Balaban J connectivity index is 3.48. The Hall–Kier alpha value is -1.82. The van der Waals surface area contributed by atoms with Gasteiger partial charge in [0, 0.05) is 17.8 Å². The predicted octanol–water partition coefficient (Wildman–Crippen LogP) is 7.38. The first-order valence-corrected chi connectivity index (χ1v) is 8.71. The summed E-state index contributed by atoms with van der Waals surface area (Å²) in [6.07, 6.45) is -11.9. The number of hydrogen-bond donors (Lipinski definition) is 0. The molecule has 0 aromatic carbocycles. The highest BCUT2D eigenvalue weighted by atomic mass is 35.5. The lowest BCUT2D eigenvalue weighted by Gasteiger charge is -2.42. The fourth-order valence-electron chi connectivity index (χ4n) is 2.36. The van der Waals surface area contributed by atoms with E-state index in [1.165, 1.54) is 0 Å². The second-order valence-electron chi connectivity index (χ2n) is 6.92. The number of alkyl halides is 17. The summed E-state index contributed by atoms with van der Waals surface area (Å²) in [6, 6.07) is 0.751. The van der Waals surface area contributed by atoms with Gasteiger partial charge in [-0.1, -0.05) is 0 Å². The molecule has 0 N–H and O–H groups in total. The van der Waals surface area contributed by atoms with Crippen LogP contribution in [0, 0.1) is 6.92 Å². The molecule has 0 unspecified atom stereocenters. The van der Waals surface area contributed by atoms with Gasteiger partial charge in [0.25, 0.3) is 0 Å². The molecule has 0 aliphatic carbocycles. The summed E-state index contributed by atoms with van der Waals surface area (Å²) in [7, 11) is 0. The molecule has 0 spiro atoms. The van der Waals surface area contributed by atoms with E-state index in [0.717, 1.165) is 13.0 Å². The lowest BCUT2D eigenvalue weighted by Crippen LogP contribution is -2.74. The molecule has 2 nitrogen and oxygen atoms in total. The van der Waals surface area contributed by atoms with Gasteiger partial charge in [0.1, 0.15) is 0 Å². The number of halogens is 18. The van der Waals surface area contributed by atoms with E-state index in [4.69, 9.17) is 11.6 Å². The van der Waals surface area contributed by atoms with Gasteiger partial charge in [-0.25, -0.2) is 9.97 Å². The minimum Gasteiger partial charge on any atom is -0.223 e. The lowest BCUT2D eigenvalue weighted by atomic mass is 9.88. The average Bonchev–Trinajstić information content (AvgIpc) is 2.63. The van der Waals surface area contributed by atoms with Crippen molar-refractivity contribution in [3.05, 3.63) is 22.7 Å². The van der Waals surface area contributed by atoms with Crippen molar-refractivity contribution >= 4 is 11.6 Å². The van der Waals surface area contributed by atoms with Crippen molar-refractivity contribution in [1.82, 2.24) is 9.97 Å². The Morgan fingerprint density at radius 2 is 0.971 bits per heavy atom. The molecule has 0 fully saturated rings. The maximum absolute atomic E-state index is 13.8. The Kier molecular flexibility index (Phi) is 7.70. The SMILES string of the molecule is Cc1cc(CCC(F)(F)C(F)(F)C(F)(F)C(F)(F)C(F)(F)C(F)(F)C(F)(F)C(F)(F)F)nc(Cl)n1. The number of rotatable bonds is 9. The highest BCUT2D eigenvalue weighted by Crippen LogP contribution is 2.64. The average molecular weight is 575 g/mol. The van der Waals surface area contributed by atoms with Gasteiger partial charge in [-0.2, -0.15) is 74.6 Å². The van der Waals surface area contributed by atoms with Crippen LogP contribution in [0.1, 0.15) is 17.8 Å². The Morgan fingerprint density at radius 3 is 1.34 bits per heavy atom. The molecule has 35 heavy (non-hydrogen) atoms. The molecule has 0 amide bonds. The molecule has 1 aromatic rings. The fourth-order valence-corrected chi connectivity index (χ4v) is 2.60. The highest BCUT2D eigenvalue weighted by Gasteiger charge is 2.95. The maximum Gasteiger partial charge on any atom is 0.460 e. The van der Waals surface area contributed by atoms with E-state index >= 15 is 0 Å². The topological polar surface area (TPSA) is 25.8 Å². The Morgan fingerprint density at radius 1 is 0.600 bits per heavy atom. The van der Waals surface area contributed by atoms with Crippen molar-refractivity contribution in [2.45, 2.75) is 67.4 Å². The number of nitrogens with zero attached hydrogens (tertiary/aromatic N) is 2. The summed E-state index contributed by atoms with van der Waals surface area (Å²) in [6.45, 7) is 1.14. The fraction of sp³-hybridized carbons (Fsp3) is 0.733. The summed E-state index contributed by atoms with van der Waals surface area (Å²) in [4.78, 5) is 6.57. The van der Waals surface area contributed by atoms with Gasteiger partial charge in [0.2, 0.25) is 5.28 Å². The largest absolute Gasteiger partial charge is 0.460 e. The minimum atomic E-state index is -8.64. The molecular weight excluding hydrogens is 567 g/mol. The van der Waals surface area contributed by atoms with Crippen LogP contribution in [-0.2, 0) is 6.42 Å². The normalized spacial score (nSPS) is 15.5. The summed E-state index contributed by atoms with van der Waals surface area (Å²) in [5.74, 6) is -56.4. The van der Waals surface area contributed by atoms with Crippen LogP contribution < -0.4 is 0 Å².